The fraction of sp³-hybridized carbons (Fsp3) is 0.455. The number of anilines is 2. The summed E-state index contributed by atoms with van der Waals surface area (Å²) in [5.74, 6) is 2.42. The lowest BCUT2D eigenvalue weighted by molar-refractivity contribution is 0.126. The molecule has 3 aliphatic heterocycles. The zero-order valence-electron chi connectivity index (χ0n) is 23.5. The van der Waals surface area contributed by atoms with Crippen LogP contribution in [-0.2, 0) is 13.0 Å². The molecule has 0 saturated carbocycles. The lowest BCUT2D eigenvalue weighted by Gasteiger charge is -2.41. The number of aliphatic hydroxyl groups is 1. The summed E-state index contributed by atoms with van der Waals surface area (Å²) >= 11 is 0. The van der Waals surface area contributed by atoms with E-state index in [4.69, 9.17) is 9.97 Å². The number of nitrogens with zero attached hydrogens (tertiary/aromatic N) is 4. The van der Waals surface area contributed by atoms with Crippen LogP contribution in [0.5, 0.6) is 0 Å². The number of nitrogens with one attached hydrogen (secondary N) is 1. The van der Waals surface area contributed by atoms with Crippen LogP contribution in [0.2, 0.25) is 0 Å². The van der Waals surface area contributed by atoms with E-state index in [1.54, 1.807) is 0 Å². The molecule has 0 spiro atoms. The van der Waals surface area contributed by atoms with Gasteiger partial charge in [-0.3, -0.25) is 0 Å². The predicted molar refractivity (Wildman–Crippen MR) is 159 cm³/mol. The highest BCUT2D eigenvalue weighted by Crippen LogP contribution is 2.43. The maximum atomic E-state index is 10.6. The van der Waals surface area contributed by atoms with Crippen molar-refractivity contribution in [2.75, 3.05) is 16.3 Å². The van der Waals surface area contributed by atoms with Gasteiger partial charge in [0.25, 0.3) is 0 Å². The monoisotopic (exact) mass is 521 g/mol. The van der Waals surface area contributed by atoms with Gasteiger partial charge in [-0.05, 0) is 74.3 Å². The number of piperidine rings is 1. The van der Waals surface area contributed by atoms with Gasteiger partial charge in [0.05, 0.1) is 11.8 Å². The van der Waals surface area contributed by atoms with E-state index in [-0.39, 0.29) is 6.10 Å². The molecule has 0 radical (unpaired) electrons. The Labute approximate surface area is 231 Å². The summed E-state index contributed by atoms with van der Waals surface area (Å²) in [4.78, 5) is 19.2. The third-order valence-electron chi connectivity index (χ3n) is 9.38. The summed E-state index contributed by atoms with van der Waals surface area (Å²) < 4.78 is 0. The van der Waals surface area contributed by atoms with E-state index in [1.165, 1.54) is 39.0 Å². The molecule has 0 aliphatic carbocycles. The number of fused-ring (bicyclic) bond motifs is 4. The largest absolute Gasteiger partial charge is 0.393 e. The quantitative estimate of drug-likeness (QED) is 0.324. The van der Waals surface area contributed by atoms with Crippen molar-refractivity contribution in [1.82, 2.24) is 15.0 Å². The molecule has 6 heteroatoms. The molecule has 39 heavy (non-hydrogen) atoms. The van der Waals surface area contributed by atoms with Gasteiger partial charge in [-0.15, -0.1) is 0 Å². The molecule has 202 valence electrons. The predicted octanol–water partition coefficient (Wildman–Crippen LogP) is 6.42. The van der Waals surface area contributed by atoms with Crippen LogP contribution in [0.25, 0.3) is 22.3 Å². The van der Waals surface area contributed by atoms with Gasteiger partial charge in [0.2, 0.25) is 0 Å². The van der Waals surface area contributed by atoms with Gasteiger partial charge >= 0.3 is 0 Å². The lowest BCUT2D eigenvalue weighted by Crippen LogP contribution is -2.46. The summed E-state index contributed by atoms with van der Waals surface area (Å²) in [6, 6.07) is 14.0. The maximum Gasteiger partial charge on any atom is 0.162 e. The van der Waals surface area contributed by atoms with Crippen molar-refractivity contribution in [3.63, 3.8) is 0 Å². The van der Waals surface area contributed by atoms with E-state index < -0.39 is 0 Å². The average molecular weight is 522 g/mol. The minimum atomic E-state index is -0.204. The van der Waals surface area contributed by atoms with Crippen LogP contribution in [0.1, 0.15) is 73.4 Å². The highest BCUT2D eigenvalue weighted by Gasteiger charge is 2.43. The fourth-order valence-corrected chi connectivity index (χ4v) is 7.30. The Balaban J connectivity index is 1.37. The van der Waals surface area contributed by atoms with E-state index in [0.717, 1.165) is 67.9 Å². The van der Waals surface area contributed by atoms with Gasteiger partial charge in [-0.2, -0.15) is 0 Å². The Kier molecular flexibility index (Phi) is 5.92. The van der Waals surface area contributed by atoms with Crippen LogP contribution in [0.3, 0.4) is 0 Å². The number of aromatic nitrogens is 3. The Morgan fingerprint density at radius 1 is 1.00 bits per heavy atom. The third-order valence-corrected chi connectivity index (χ3v) is 9.38. The molecule has 2 N–H and O–H groups in total. The molecular weight excluding hydrogens is 482 g/mol. The minimum absolute atomic E-state index is 0.204. The van der Waals surface area contributed by atoms with Crippen LogP contribution in [-0.4, -0.2) is 44.8 Å². The molecule has 3 aliphatic rings. The molecule has 2 aromatic carbocycles. The van der Waals surface area contributed by atoms with Gasteiger partial charge in [-0.25, -0.2) is 9.97 Å². The Hall–Kier alpha value is -3.38. The van der Waals surface area contributed by atoms with Crippen LogP contribution in [0.15, 0.2) is 42.6 Å². The molecule has 5 heterocycles. The highest BCUT2D eigenvalue weighted by atomic mass is 16.3. The first kappa shape index (κ1) is 24.6. The summed E-state index contributed by atoms with van der Waals surface area (Å²) in [6.45, 7) is 10.7. The van der Waals surface area contributed by atoms with E-state index in [2.05, 4.69) is 85.1 Å². The van der Waals surface area contributed by atoms with Crippen molar-refractivity contribution in [2.24, 2.45) is 0 Å². The second kappa shape index (κ2) is 9.37. The molecule has 2 fully saturated rings. The van der Waals surface area contributed by atoms with Crippen molar-refractivity contribution in [2.45, 2.75) is 90.4 Å². The van der Waals surface area contributed by atoms with Gasteiger partial charge in [0.1, 0.15) is 5.82 Å². The van der Waals surface area contributed by atoms with Crippen molar-refractivity contribution in [1.29, 1.82) is 0 Å². The maximum absolute atomic E-state index is 10.6. The molecule has 0 amide bonds. The number of aryl methyl sites for hydroxylation is 2. The second-order valence-electron chi connectivity index (χ2n) is 12.3. The van der Waals surface area contributed by atoms with Crippen LogP contribution in [0.4, 0.5) is 11.5 Å². The van der Waals surface area contributed by atoms with Crippen molar-refractivity contribution in [3.8, 4) is 11.4 Å². The number of hydrogen-bond donors (Lipinski definition) is 2. The van der Waals surface area contributed by atoms with Gasteiger partial charge in [0, 0.05) is 65.5 Å². The molecule has 2 aromatic heterocycles. The van der Waals surface area contributed by atoms with Crippen LogP contribution >= 0.6 is 0 Å². The minimum Gasteiger partial charge on any atom is -0.393 e. The van der Waals surface area contributed by atoms with Gasteiger partial charge < -0.3 is 19.9 Å². The van der Waals surface area contributed by atoms with E-state index in [0.29, 0.717) is 18.0 Å². The summed E-state index contributed by atoms with van der Waals surface area (Å²) in [6.07, 6.45) is 6.68. The van der Waals surface area contributed by atoms with Gasteiger partial charge in [0.15, 0.2) is 5.82 Å². The van der Waals surface area contributed by atoms with Crippen molar-refractivity contribution < 1.29 is 5.11 Å². The molecule has 2 unspecified atom stereocenters. The topological polar surface area (TPSA) is 68.3 Å². The van der Waals surface area contributed by atoms with Crippen molar-refractivity contribution in [3.05, 3.63) is 70.5 Å². The summed E-state index contributed by atoms with van der Waals surface area (Å²) in [5, 5.41) is 11.8. The number of hydrogen-bond acceptors (Lipinski definition) is 5. The molecule has 2 atom stereocenters. The zero-order chi connectivity index (χ0) is 26.8. The Morgan fingerprint density at radius 2 is 1.79 bits per heavy atom. The first-order valence-electron chi connectivity index (χ1n) is 14.7. The fourth-order valence-electron chi connectivity index (χ4n) is 7.30. The number of H-pyrrole nitrogens is 1. The molecule has 4 aromatic rings. The Bertz CT molecular complexity index is 1540. The molecule has 2 bridgehead atoms. The first-order chi connectivity index (χ1) is 18.9. The molecule has 2 saturated heterocycles. The number of aliphatic hydroxyl groups excluding tert-OH is 1. The average Bonchev–Trinajstić information content (AvgIpc) is 3.44. The van der Waals surface area contributed by atoms with E-state index >= 15 is 0 Å². The lowest BCUT2D eigenvalue weighted by atomic mass is 9.96. The SMILES string of the molecule is Cc1ccc(C(C)C)cc1N1CCc2nc(-c3cccc4[nH]cc(C)c34)nc(N3C4CCC3CC(O)C4)c2C1. The normalized spacial score (nSPS) is 22.7. The third kappa shape index (κ3) is 4.11. The molecule has 6 nitrogen and oxygen atoms in total. The zero-order valence-corrected chi connectivity index (χ0v) is 23.5. The second-order valence-corrected chi connectivity index (χ2v) is 12.3. The summed E-state index contributed by atoms with van der Waals surface area (Å²) in [7, 11) is 0. The smallest absolute Gasteiger partial charge is 0.162 e. The number of benzene rings is 2. The van der Waals surface area contributed by atoms with Crippen molar-refractivity contribution >= 4 is 22.4 Å². The van der Waals surface area contributed by atoms with Crippen LogP contribution in [0, 0.1) is 13.8 Å². The molecular formula is C33H39N5O. The van der Waals surface area contributed by atoms with Gasteiger partial charge in [-0.1, -0.05) is 38.1 Å². The Morgan fingerprint density at radius 3 is 2.56 bits per heavy atom. The highest BCUT2D eigenvalue weighted by molar-refractivity contribution is 5.96. The van der Waals surface area contributed by atoms with E-state index in [9.17, 15) is 5.11 Å². The number of rotatable bonds is 4. The molecule has 7 rings (SSSR count). The standard InChI is InChI=1S/C33H39N5O/c1-19(2)22-9-8-20(3)30(14-22)37-13-12-28-27(18-37)33(38-23-10-11-24(38)16-25(39)15-23)36-32(35-28)26-6-5-7-29-31(26)21(4)17-34-29/h5-9,14,17,19,23-25,34,39H,10-13,15-16,18H2,1-4H3. The number of aromatic amines is 1. The van der Waals surface area contributed by atoms with E-state index in [1.807, 2.05) is 0 Å². The first-order valence-corrected chi connectivity index (χ1v) is 14.7. The summed E-state index contributed by atoms with van der Waals surface area (Å²) in [5.41, 5.74) is 9.92. The van der Waals surface area contributed by atoms with Crippen LogP contribution < -0.4 is 9.80 Å².